The number of nitrogens with zero attached hydrogens (tertiary/aromatic N) is 1. The first-order valence-corrected chi connectivity index (χ1v) is 9.44. The highest BCUT2D eigenvalue weighted by Gasteiger charge is 2.34. The van der Waals surface area contributed by atoms with Gasteiger partial charge in [-0.05, 0) is 48.4 Å². The van der Waals surface area contributed by atoms with Crippen LogP contribution >= 0.6 is 11.6 Å². The summed E-state index contributed by atoms with van der Waals surface area (Å²) in [6, 6.07) is 19.5. The van der Waals surface area contributed by atoms with Gasteiger partial charge in [0.2, 0.25) is 5.91 Å². The summed E-state index contributed by atoms with van der Waals surface area (Å²) in [4.78, 5) is 27.3. The van der Waals surface area contributed by atoms with E-state index in [4.69, 9.17) is 17.3 Å². The van der Waals surface area contributed by atoms with Crippen molar-refractivity contribution >= 4 is 23.4 Å². The minimum Gasteiger partial charge on any atom is -0.368 e. The molecule has 0 spiro atoms. The maximum Gasteiger partial charge on any atom is 0.255 e. The quantitative estimate of drug-likeness (QED) is 0.627. The van der Waals surface area contributed by atoms with Crippen molar-refractivity contribution in [2.45, 2.75) is 19.0 Å². The van der Waals surface area contributed by atoms with Crippen LogP contribution in [-0.2, 0) is 4.79 Å². The van der Waals surface area contributed by atoms with Crippen LogP contribution in [0.25, 0.3) is 0 Å². The Labute approximate surface area is 173 Å². The molecule has 2 amide bonds. The number of hydrogen-bond donors (Lipinski definition) is 1. The van der Waals surface area contributed by atoms with E-state index in [2.05, 4.69) is 0 Å². The summed E-state index contributed by atoms with van der Waals surface area (Å²) in [5, 5.41) is 0.393. The lowest BCUT2D eigenvalue weighted by Crippen LogP contribution is -2.43. The molecule has 2 atom stereocenters. The van der Waals surface area contributed by atoms with Crippen molar-refractivity contribution in [2.24, 2.45) is 5.73 Å². The second kappa shape index (κ2) is 8.88. The molecule has 0 saturated heterocycles. The Hall–Kier alpha value is -3.18. The van der Waals surface area contributed by atoms with Crippen molar-refractivity contribution in [3.8, 4) is 0 Å². The summed E-state index contributed by atoms with van der Waals surface area (Å²) >= 11 is 6.06. The van der Waals surface area contributed by atoms with Gasteiger partial charge < -0.3 is 10.6 Å². The molecule has 3 rings (SSSR count). The van der Waals surface area contributed by atoms with Gasteiger partial charge in [0.25, 0.3) is 5.91 Å². The Bertz CT molecular complexity index is 1030. The second-order valence-electron chi connectivity index (χ2n) is 6.67. The normalized spacial score (nSPS) is 12.8. The third-order valence-electron chi connectivity index (χ3n) is 4.72. The van der Waals surface area contributed by atoms with Gasteiger partial charge in [-0.15, -0.1) is 0 Å². The van der Waals surface area contributed by atoms with Gasteiger partial charge in [-0.1, -0.05) is 60.1 Å². The highest BCUT2D eigenvalue weighted by atomic mass is 35.5. The van der Waals surface area contributed by atoms with Crippen LogP contribution in [0.3, 0.4) is 0 Å². The fourth-order valence-electron chi connectivity index (χ4n) is 3.31. The van der Waals surface area contributed by atoms with Crippen LogP contribution in [0.15, 0.2) is 78.9 Å². The Morgan fingerprint density at radius 1 is 0.931 bits per heavy atom. The number of hydrogen-bond acceptors (Lipinski definition) is 2. The average molecular weight is 411 g/mol. The van der Waals surface area contributed by atoms with Crippen molar-refractivity contribution in [1.82, 2.24) is 4.90 Å². The Balaban J connectivity index is 2.14. The average Bonchev–Trinajstić information content (AvgIpc) is 2.71. The van der Waals surface area contributed by atoms with Crippen LogP contribution in [0.5, 0.6) is 0 Å². The highest BCUT2D eigenvalue weighted by molar-refractivity contribution is 6.31. The molecule has 2 N–H and O–H groups in total. The van der Waals surface area contributed by atoms with E-state index in [9.17, 15) is 14.0 Å². The van der Waals surface area contributed by atoms with Crippen LogP contribution in [0.4, 0.5) is 4.39 Å². The highest BCUT2D eigenvalue weighted by Crippen LogP contribution is 2.33. The molecule has 3 aromatic rings. The van der Waals surface area contributed by atoms with E-state index >= 15 is 0 Å². The van der Waals surface area contributed by atoms with Crippen LogP contribution in [-0.4, -0.2) is 16.7 Å². The summed E-state index contributed by atoms with van der Waals surface area (Å²) in [5.74, 6) is -1.55. The molecule has 0 aliphatic heterocycles. The van der Waals surface area contributed by atoms with Crippen molar-refractivity contribution < 1.29 is 14.0 Å². The SMILES string of the molecule is C[C@H](c1cccc(F)c1)N(C(=O)c1cccc(Cl)c1)[C@@H](C(N)=O)c1ccccc1. The summed E-state index contributed by atoms with van der Waals surface area (Å²) in [5.41, 5.74) is 7.15. The molecule has 3 aromatic carbocycles. The van der Waals surface area contributed by atoms with Crippen LogP contribution in [0.2, 0.25) is 5.02 Å². The lowest BCUT2D eigenvalue weighted by Gasteiger charge is -2.35. The molecule has 0 heterocycles. The molecular formula is C23H20ClFN2O2. The van der Waals surface area contributed by atoms with E-state index in [0.717, 1.165) is 0 Å². The van der Waals surface area contributed by atoms with E-state index < -0.39 is 29.7 Å². The van der Waals surface area contributed by atoms with Gasteiger partial charge in [0.1, 0.15) is 11.9 Å². The van der Waals surface area contributed by atoms with Gasteiger partial charge in [-0.25, -0.2) is 4.39 Å². The Morgan fingerprint density at radius 2 is 1.59 bits per heavy atom. The third kappa shape index (κ3) is 4.63. The predicted octanol–water partition coefficient (Wildman–Crippen LogP) is 4.91. The monoisotopic (exact) mass is 410 g/mol. The van der Waals surface area contributed by atoms with Crippen LogP contribution < -0.4 is 5.73 Å². The zero-order chi connectivity index (χ0) is 21.0. The second-order valence-corrected chi connectivity index (χ2v) is 7.11. The number of carbonyl (C=O) groups is 2. The minimum absolute atomic E-state index is 0.308. The molecule has 6 heteroatoms. The molecular weight excluding hydrogens is 391 g/mol. The Morgan fingerprint density at radius 3 is 2.21 bits per heavy atom. The largest absolute Gasteiger partial charge is 0.368 e. The van der Waals surface area contributed by atoms with Crippen molar-refractivity contribution in [3.05, 3.63) is 106 Å². The number of amides is 2. The first-order valence-electron chi connectivity index (χ1n) is 9.06. The van der Waals surface area contributed by atoms with Gasteiger partial charge in [0, 0.05) is 10.6 Å². The summed E-state index contributed by atoms with van der Waals surface area (Å²) in [7, 11) is 0. The van der Waals surface area contributed by atoms with Crippen LogP contribution in [0.1, 0.15) is 40.5 Å². The zero-order valence-electron chi connectivity index (χ0n) is 15.8. The molecule has 0 aromatic heterocycles. The smallest absolute Gasteiger partial charge is 0.255 e. The number of carbonyl (C=O) groups excluding carboxylic acids is 2. The fourth-order valence-corrected chi connectivity index (χ4v) is 3.50. The Kier molecular flexibility index (Phi) is 6.29. The molecule has 29 heavy (non-hydrogen) atoms. The molecule has 0 unspecified atom stereocenters. The van der Waals surface area contributed by atoms with Crippen molar-refractivity contribution in [3.63, 3.8) is 0 Å². The molecule has 0 aliphatic rings. The van der Waals surface area contributed by atoms with Crippen molar-refractivity contribution in [2.75, 3.05) is 0 Å². The summed E-state index contributed by atoms with van der Waals surface area (Å²) in [6.07, 6.45) is 0. The molecule has 148 valence electrons. The number of benzene rings is 3. The van der Waals surface area contributed by atoms with Gasteiger partial charge >= 0.3 is 0 Å². The van der Waals surface area contributed by atoms with E-state index in [1.807, 2.05) is 0 Å². The molecule has 0 fully saturated rings. The minimum atomic E-state index is -1.04. The van der Waals surface area contributed by atoms with E-state index in [1.165, 1.54) is 23.1 Å². The topological polar surface area (TPSA) is 63.4 Å². The maximum absolute atomic E-state index is 13.8. The molecule has 0 bridgehead atoms. The van der Waals surface area contributed by atoms with Gasteiger partial charge in [0.05, 0.1) is 6.04 Å². The summed E-state index contributed by atoms with van der Waals surface area (Å²) in [6.45, 7) is 1.73. The number of primary amides is 1. The van der Waals surface area contributed by atoms with E-state index in [1.54, 1.807) is 67.6 Å². The molecule has 0 saturated carbocycles. The number of rotatable bonds is 6. The van der Waals surface area contributed by atoms with Crippen LogP contribution in [0, 0.1) is 5.82 Å². The molecule has 0 aliphatic carbocycles. The van der Waals surface area contributed by atoms with Gasteiger partial charge in [-0.2, -0.15) is 0 Å². The van der Waals surface area contributed by atoms with Gasteiger partial charge in [0.15, 0.2) is 0 Å². The van der Waals surface area contributed by atoms with E-state index in [0.29, 0.717) is 21.7 Å². The zero-order valence-corrected chi connectivity index (χ0v) is 16.5. The summed E-state index contributed by atoms with van der Waals surface area (Å²) < 4.78 is 13.8. The predicted molar refractivity (Wildman–Crippen MR) is 111 cm³/mol. The number of halogens is 2. The van der Waals surface area contributed by atoms with Crippen molar-refractivity contribution in [1.29, 1.82) is 0 Å². The van der Waals surface area contributed by atoms with E-state index in [-0.39, 0.29) is 0 Å². The maximum atomic E-state index is 13.8. The third-order valence-corrected chi connectivity index (χ3v) is 4.95. The van der Waals surface area contributed by atoms with Gasteiger partial charge in [-0.3, -0.25) is 9.59 Å². The molecule has 0 radical (unpaired) electrons. The fraction of sp³-hybridized carbons (Fsp3) is 0.130. The lowest BCUT2D eigenvalue weighted by molar-refractivity contribution is -0.123. The molecule has 4 nitrogen and oxygen atoms in total. The standard InChI is InChI=1S/C23H20ClFN2O2/c1-15(17-9-6-12-20(25)14-17)27(23(29)18-10-5-11-19(24)13-18)21(22(26)28)16-7-3-2-4-8-16/h2-15,21H,1H3,(H2,26,28)/t15-,21-/m1/s1. The first kappa shape index (κ1) is 20.6. The number of nitrogens with two attached hydrogens (primary N) is 1. The first-order chi connectivity index (χ1) is 13.9. The lowest BCUT2D eigenvalue weighted by atomic mass is 9.98.